The molecule has 0 amide bonds. The Morgan fingerprint density at radius 3 is 2.46 bits per heavy atom. The molecular weight excluding hydrogens is 298 g/mol. The highest BCUT2D eigenvalue weighted by Crippen LogP contribution is 2.25. The van der Waals surface area contributed by atoms with Gasteiger partial charge in [-0.05, 0) is 48.6 Å². The van der Waals surface area contributed by atoms with Crippen LogP contribution in [0.3, 0.4) is 0 Å². The van der Waals surface area contributed by atoms with Gasteiger partial charge in [0.2, 0.25) is 5.78 Å². The zero-order valence-corrected chi connectivity index (χ0v) is 14.8. The van der Waals surface area contributed by atoms with Crippen LogP contribution in [0.1, 0.15) is 55.1 Å². The fraction of sp³-hybridized carbons (Fsp3) is 0.381. The number of nitrogens with two attached hydrogens (primary N) is 1. The normalized spacial score (nSPS) is 12.0. The van der Waals surface area contributed by atoms with E-state index >= 15 is 0 Å². The van der Waals surface area contributed by atoms with Crippen molar-refractivity contribution in [2.45, 2.75) is 52.6 Å². The van der Waals surface area contributed by atoms with Crippen LogP contribution in [0.4, 0.5) is 5.69 Å². The van der Waals surface area contributed by atoms with Crippen molar-refractivity contribution in [3.63, 3.8) is 0 Å². The summed E-state index contributed by atoms with van der Waals surface area (Å²) in [6.07, 6.45) is 2.79. The van der Waals surface area contributed by atoms with E-state index in [4.69, 9.17) is 10.5 Å². The van der Waals surface area contributed by atoms with Crippen LogP contribution in [0.25, 0.3) is 0 Å². The lowest BCUT2D eigenvalue weighted by molar-refractivity contribution is 0.0777. The van der Waals surface area contributed by atoms with Gasteiger partial charge in [-0.3, -0.25) is 4.79 Å². The first-order valence-electron chi connectivity index (χ1n) is 8.77. The number of rotatable bonds is 8. The van der Waals surface area contributed by atoms with Crippen molar-refractivity contribution >= 4 is 11.5 Å². The van der Waals surface area contributed by atoms with Gasteiger partial charge < -0.3 is 10.5 Å². The number of ketones is 1. The zero-order chi connectivity index (χ0) is 17.5. The summed E-state index contributed by atoms with van der Waals surface area (Å²) in [5, 5.41) is 0. The van der Waals surface area contributed by atoms with Gasteiger partial charge in [-0.25, -0.2) is 0 Å². The molecule has 0 fully saturated rings. The Labute approximate surface area is 144 Å². The summed E-state index contributed by atoms with van der Waals surface area (Å²) in [6, 6.07) is 13.5. The fourth-order valence-electron chi connectivity index (χ4n) is 2.80. The Morgan fingerprint density at radius 2 is 1.83 bits per heavy atom. The summed E-state index contributed by atoms with van der Waals surface area (Å²) in [4.78, 5) is 13.1. The fourth-order valence-corrected chi connectivity index (χ4v) is 2.80. The first-order valence-corrected chi connectivity index (χ1v) is 8.77. The number of nitrogen functional groups attached to an aromatic ring is 1. The first kappa shape index (κ1) is 18.1. The summed E-state index contributed by atoms with van der Waals surface area (Å²) >= 11 is 0. The molecule has 3 heteroatoms. The number of carbonyl (C=O) groups excluding carboxylic acids is 1. The van der Waals surface area contributed by atoms with E-state index in [0.717, 1.165) is 30.4 Å². The summed E-state index contributed by atoms with van der Waals surface area (Å²) in [6.45, 7) is 6.23. The summed E-state index contributed by atoms with van der Waals surface area (Å²) < 4.78 is 6.00. The molecule has 0 bridgehead atoms. The molecule has 0 aliphatic heterocycles. The molecule has 2 aromatic carbocycles. The maximum absolute atomic E-state index is 13.1. The molecule has 24 heavy (non-hydrogen) atoms. The average Bonchev–Trinajstić information content (AvgIpc) is 2.61. The van der Waals surface area contributed by atoms with Crippen molar-refractivity contribution in [3.05, 3.63) is 59.2 Å². The molecule has 2 rings (SSSR count). The van der Waals surface area contributed by atoms with Gasteiger partial charge in [0, 0.05) is 5.56 Å². The lowest BCUT2D eigenvalue weighted by atomic mass is 9.94. The van der Waals surface area contributed by atoms with Crippen molar-refractivity contribution in [1.29, 1.82) is 0 Å². The Kier molecular flexibility index (Phi) is 6.42. The van der Waals surface area contributed by atoms with Gasteiger partial charge in [0.15, 0.2) is 6.10 Å². The first-order chi connectivity index (χ1) is 11.6. The quantitative estimate of drug-likeness (QED) is 0.559. The van der Waals surface area contributed by atoms with Crippen molar-refractivity contribution in [1.82, 2.24) is 0 Å². The monoisotopic (exact) mass is 325 g/mol. The van der Waals surface area contributed by atoms with E-state index in [0.29, 0.717) is 17.9 Å². The predicted molar refractivity (Wildman–Crippen MR) is 99.7 cm³/mol. The predicted octanol–water partition coefficient (Wildman–Crippen LogP) is 4.82. The summed E-state index contributed by atoms with van der Waals surface area (Å²) in [5.74, 6) is 0.626. The number of aryl methyl sites for hydroxylation is 2. The highest BCUT2D eigenvalue weighted by atomic mass is 16.5. The van der Waals surface area contributed by atoms with E-state index in [2.05, 4.69) is 32.9 Å². The molecular formula is C21H27NO2. The van der Waals surface area contributed by atoms with Crippen molar-refractivity contribution < 1.29 is 9.53 Å². The molecule has 0 heterocycles. The topological polar surface area (TPSA) is 52.3 Å². The maximum atomic E-state index is 13.1. The van der Waals surface area contributed by atoms with Crippen LogP contribution in [0, 0.1) is 0 Å². The van der Waals surface area contributed by atoms with E-state index in [-0.39, 0.29) is 5.78 Å². The van der Waals surface area contributed by atoms with E-state index in [1.54, 1.807) is 6.07 Å². The number of hydrogen-bond donors (Lipinski definition) is 1. The van der Waals surface area contributed by atoms with Crippen molar-refractivity contribution in [2.75, 3.05) is 5.73 Å². The second-order valence-corrected chi connectivity index (χ2v) is 6.00. The Morgan fingerprint density at radius 1 is 1.08 bits per heavy atom. The van der Waals surface area contributed by atoms with Crippen molar-refractivity contribution in [3.8, 4) is 5.75 Å². The molecule has 1 unspecified atom stereocenters. The standard InChI is InChI=1S/C21H27NO2/c1-4-9-20(24-19-11-8-7-10-18(19)22)21(23)17-14-15(5-2)12-13-16(17)6-3/h7-8,10-14,20H,4-6,9,22H2,1-3H3. The number of carbonyl (C=O) groups is 1. The Balaban J connectivity index is 2.34. The number of ether oxygens (including phenoxy) is 1. The minimum atomic E-state index is -0.503. The van der Waals surface area contributed by atoms with Crippen LogP contribution in [0.15, 0.2) is 42.5 Å². The number of anilines is 1. The molecule has 0 aromatic heterocycles. The molecule has 0 radical (unpaired) electrons. The molecule has 1 atom stereocenters. The highest BCUT2D eigenvalue weighted by molar-refractivity contribution is 6.01. The number of hydrogen-bond acceptors (Lipinski definition) is 3. The zero-order valence-electron chi connectivity index (χ0n) is 14.8. The lowest BCUT2D eigenvalue weighted by Crippen LogP contribution is -2.28. The van der Waals surface area contributed by atoms with Crippen LogP contribution in [-0.4, -0.2) is 11.9 Å². The third-order valence-corrected chi connectivity index (χ3v) is 4.26. The van der Waals surface area contributed by atoms with E-state index in [9.17, 15) is 4.79 Å². The number of benzene rings is 2. The van der Waals surface area contributed by atoms with Gasteiger partial charge in [-0.1, -0.05) is 51.5 Å². The van der Waals surface area contributed by atoms with Crippen LogP contribution in [0.5, 0.6) is 5.75 Å². The molecule has 2 N–H and O–H groups in total. The molecule has 0 aliphatic carbocycles. The minimum Gasteiger partial charge on any atom is -0.480 e. The van der Waals surface area contributed by atoms with Gasteiger partial charge in [0.05, 0.1) is 5.69 Å². The summed E-state index contributed by atoms with van der Waals surface area (Å²) in [7, 11) is 0. The largest absolute Gasteiger partial charge is 0.480 e. The summed E-state index contributed by atoms with van der Waals surface area (Å²) in [5.41, 5.74) is 9.55. The maximum Gasteiger partial charge on any atom is 0.203 e. The van der Waals surface area contributed by atoms with Gasteiger partial charge in [-0.2, -0.15) is 0 Å². The van der Waals surface area contributed by atoms with Gasteiger partial charge in [0.1, 0.15) is 5.75 Å². The molecule has 2 aromatic rings. The highest BCUT2D eigenvalue weighted by Gasteiger charge is 2.24. The van der Waals surface area contributed by atoms with Crippen LogP contribution < -0.4 is 10.5 Å². The number of Topliss-reactive ketones (excluding diaryl/α,β-unsaturated/α-hetero) is 1. The number of para-hydroxylation sites is 2. The molecule has 0 saturated carbocycles. The third kappa shape index (κ3) is 4.16. The SMILES string of the molecule is CCCC(Oc1ccccc1N)C(=O)c1cc(CC)ccc1CC. The minimum absolute atomic E-state index is 0.0484. The van der Waals surface area contributed by atoms with Crippen LogP contribution >= 0.6 is 0 Å². The average molecular weight is 325 g/mol. The molecule has 0 spiro atoms. The Bertz CT molecular complexity index is 694. The molecule has 0 saturated heterocycles. The third-order valence-electron chi connectivity index (χ3n) is 4.26. The molecule has 0 aliphatic rings. The van der Waals surface area contributed by atoms with Gasteiger partial charge >= 0.3 is 0 Å². The van der Waals surface area contributed by atoms with E-state index in [1.165, 1.54) is 5.56 Å². The van der Waals surface area contributed by atoms with Gasteiger partial charge in [0.25, 0.3) is 0 Å². The Hall–Kier alpha value is -2.29. The van der Waals surface area contributed by atoms with Gasteiger partial charge in [-0.15, -0.1) is 0 Å². The second-order valence-electron chi connectivity index (χ2n) is 6.00. The van der Waals surface area contributed by atoms with E-state index in [1.807, 2.05) is 24.3 Å². The smallest absolute Gasteiger partial charge is 0.203 e. The second kappa shape index (κ2) is 8.53. The molecule has 3 nitrogen and oxygen atoms in total. The molecule has 128 valence electrons. The van der Waals surface area contributed by atoms with E-state index < -0.39 is 6.10 Å². The lowest BCUT2D eigenvalue weighted by Gasteiger charge is -2.20. The van der Waals surface area contributed by atoms with Crippen LogP contribution in [0.2, 0.25) is 0 Å². The van der Waals surface area contributed by atoms with Crippen LogP contribution in [-0.2, 0) is 12.8 Å². The van der Waals surface area contributed by atoms with Crippen molar-refractivity contribution in [2.24, 2.45) is 0 Å².